The van der Waals surface area contributed by atoms with E-state index in [2.05, 4.69) is 6.55 Å². The van der Waals surface area contributed by atoms with Crippen molar-refractivity contribution in [3.63, 3.8) is 0 Å². The second kappa shape index (κ2) is 7.23. The van der Waals surface area contributed by atoms with E-state index >= 15 is 0 Å². The zero-order chi connectivity index (χ0) is 10.2. The van der Waals surface area contributed by atoms with Crippen LogP contribution in [0.4, 0.5) is 0 Å². The number of carbonyl (C=O) groups is 1. The lowest BCUT2D eigenvalue weighted by atomic mass is 10.4. The van der Waals surface area contributed by atoms with E-state index in [-0.39, 0.29) is 0 Å². The predicted octanol–water partition coefficient (Wildman–Crippen LogP) is 2.11. The molecule has 78 valence electrons. The summed E-state index contributed by atoms with van der Waals surface area (Å²) in [4.78, 5) is 10.1. The first-order valence-electron chi connectivity index (χ1n) is 4.90. The molecule has 0 amide bonds. The molecule has 0 aromatic heterocycles. The molecule has 13 heavy (non-hydrogen) atoms. The maximum absolute atomic E-state index is 10.1. The van der Waals surface area contributed by atoms with Gasteiger partial charge in [0.15, 0.2) is 0 Å². The van der Waals surface area contributed by atoms with E-state index in [9.17, 15) is 4.79 Å². The Kier molecular flexibility index (Phi) is 7.13. The van der Waals surface area contributed by atoms with Crippen LogP contribution in [0, 0.1) is 0 Å². The smallest absolute Gasteiger partial charge is 0.334 e. The van der Waals surface area contributed by atoms with E-state index in [4.69, 9.17) is 8.85 Å². The van der Waals surface area contributed by atoms with E-state index in [0.29, 0.717) is 19.6 Å². The molecule has 0 spiro atoms. The van der Waals surface area contributed by atoms with Crippen LogP contribution in [-0.4, -0.2) is 28.1 Å². The largest absolute Gasteiger partial charge is 0.395 e. The predicted molar refractivity (Wildman–Crippen MR) is 55.0 cm³/mol. The lowest BCUT2D eigenvalue weighted by Gasteiger charge is -2.25. The van der Waals surface area contributed by atoms with Gasteiger partial charge in [-0.2, -0.15) is 0 Å². The molecule has 3 nitrogen and oxygen atoms in total. The fraction of sp³-hybridized carbons (Fsp3) is 0.889. The molecule has 0 saturated carbocycles. The van der Waals surface area contributed by atoms with Gasteiger partial charge in [0.25, 0.3) is 0 Å². The highest BCUT2D eigenvalue weighted by Crippen LogP contribution is 2.16. The van der Waals surface area contributed by atoms with Gasteiger partial charge in [-0.3, -0.25) is 0 Å². The molecular weight excluding hydrogens is 184 g/mol. The molecule has 0 aliphatic carbocycles. The molecule has 0 aromatic rings. The SMILES string of the molecule is CCO[Si](C)(CCCC=O)OCC. The number of hydrogen-bond donors (Lipinski definition) is 0. The van der Waals surface area contributed by atoms with Gasteiger partial charge in [-0.15, -0.1) is 0 Å². The summed E-state index contributed by atoms with van der Waals surface area (Å²) in [6.07, 6.45) is 2.45. The van der Waals surface area contributed by atoms with E-state index < -0.39 is 8.56 Å². The lowest BCUT2D eigenvalue weighted by Crippen LogP contribution is -2.38. The van der Waals surface area contributed by atoms with Crippen molar-refractivity contribution in [3.05, 3.63) is 0 Å². The Labute approximate surface area is 81.7 Å². The van der Waals surface area contributed by atoms with Crippen molar-refractivity contribution < 1.29 is 13.6 Å². The Balaban J connectivity index is 3.83. The Morgan fingerprint density at radius 1 is 1.23 bits per heavy atom. The molecule has 0 aliphatic rings. The quantitative estimate of drug-likeness (QED) is 0.345. The minimum atomic E-state index is -1.95. The summed E-state index contributed by atoms with van der Waals surface area (Å²) in [6, 6.07) is 0.910. The molecule has 0 atom stereocenters. The van der Waals surface area contributed by atoms with Crippen LogP contribution in [-0.2, 0) is 13.6 Å². The van der Waals surface area contributed by atoms with Gasteiger partial charge in [0.2, 0.25) is 0 Å². The molecule has 0 unspecified atom stereocenters. The fourth-order valence-electron chi connectivity index (χ4n) is 1.30. The van der Waals surface area contributed by atoms with Gasteiger partial charge >= 0.3 is 8.56 Å². The van der Waals surface area contributed by atoms with Crippen LogP contribution in [0.25, 0.3) is 0 Å². The Hall–Kier alpha value is -0.193. The Bertz CT molecular complexity index is 133. The summed E-state index contributed by atoms with van der Waals surface area (Å²) in [7, 11) is -1.95. The first-order valence-corrected chi connectivity index (χ1v) is 7.42. The Morgan fingerprint density at radius 2 is 1.77 bits per heavy atom. The second-order valence-electron chi connectivity index (χ2n) is 3.06. The zero-order valence-electron chi connectivity index (χ0n) is 8.84. The van der Waals surface area contributed by atoms with Gasteiger partial charge in [0.05, 0.1) is 0 Å². The third-order valence-corrected chi connectivity index (χ3v) is 4.91. The summed E-state index contributed by atoms with van der Waals surface area (Å²) in [5.74, 6) is 0. The summed E-state index contributed by atoms with van der Waals surface area (Å²) >= 11 is 0. The molecule has 0 N–H and O–H groups in total. The maximum atomic E-state index is 10.1. The maximum Gasteiger partial charge on any atom is 0.334 e. The zero-order valence-corrected chi connectivity index (χ0v) is 9.84. The normalized spacial score (nSPS) is 11.6. The van der Waals surface area contributed by atoms with Crippen LogP contribution in [0.2, 0.25) is 12.6 Å². The van der Waals surface area contributed by atoms with Crippen LogP contribution in [0.1, 0.15) is 26.7 Å². The number of aldehydes is 1. The minimum absolute atomic E-state index is 0.614. The fourth-order valence-corrected chi connectivity index (χ4v) is 3.74. The Morgan fingerprint density at radius 3 is 2.15 bits per heavy atom. The standard InChI is InChI=1S/C9H20O3Si/c1-4-11-13(3,12-5-2)9-7-6-8-10/h8H,4-7,9H2,1-3H3. The van der Waals surface area contributed by atoms with Gasteiger partial charge in [0, 0.05) is 19.6 Å². The van der Waals surface area contributed by atoms with Crippen molar-refractivity contribution >= 4 is 14.8 Å². The van der Waals surface area contributed by atoms with Crippen molar-refractivity contribution in [2.75, 3.05) is 13.2 Å². The number of hydrogen-bond acceptors (Lipinski definition) is 3. The highest BCUT2D eigenvalue weighted by Gasteiger charge is 2.29. The average Bonchev–Trinajstić information content (AvgIpc) is 2.05. The van der Waals surface area contributed by atoms with E-state index in [0.717, 1.165) is 18.8 Å². The summed E-state index contributed by atoms with van der Waals surface area (Å²) in [5.41, 5.74) is 0. The van der Waals surface area contributed by atoms with Gasteiger partial charge in [-0.25, -0.2) is 0 Å². The molecule has 0 radical (unpaired) electrons. The third-order valence-electron chi connectivity index (χ3n) is 1.85. The van der Waals surface area contributed by atoms with Crippen molar-refractivity contribution in [1.82, 2.24) is 0 Å². The first kappa shape index (κ1) is 12.8. The van der Waals surface area contributed by atoms with Crippen molar-refractivity contribution in [3.8, 4) is 0 Å². The van der Waals surface area contributed by atoms with Gasteiger partial charge in [0.1, 0.15) is 6.29 Å². The molecule has 0 fully saturated rings. The van der Waals surface area contributed by atoms with Crippen LogP contribution >= 0.6 is 0 Å². The van der Waals surface area contributed by atoms with Gasteiger partial charge < -0.3 is 13.6 Å². The van der Waals surface area contributed by atoms with E-state index in [1.807, 2.05) is 13.8 Å². The highest BCUT2D eigenvalue weighted by atomic mass is 28.4. The monoisotopic (exact) mass is 204 g/mol. The molecule has 0 rings (SSSR count). The van der Waals surface area contributed by atoms with Gasteiger partial charge in [-0.05, 0) is 32.9 Å². The van der Waals surface area contributed by atoms with Crippen molar-refractivity contribution in [1.29, 1.82) is 0 Å². The first-order chi connectivity index (χ1) is 6.18. The molecular formula is C9H20O3Si. The topological polar surface area (TPSA) is 35.5 Å². The van der Waals surface area contributed by atoms with Gasteiger partial charge in [-0.1, -0.05) is 0 Å². The number of unbranched alkanes of at least 4 members (excludes halogenated alkanes) is 1. The summed E-state index contributed by atoms with van der Waals surface area (Å²) in [5, 5.41) is 0. The van der Waals surface area contributed by atoms with Crippen molar-refractivity contribution in [2.45, 2.75) is 39.3 Å². The van der Waals surface area contributed by atoms with Crippen LogP contribution < -0.4 is 0 Å². The molecule has 4 heteroatoms. The summed E-state index contributed by atoms with van der Waals surface area (Å²) in [6.45, 7) is 7.41. The van der Waals surface area contributed by atoms with E-state index in [1.165, 1.54) is 0 Å². The highest BCUT2D eigenvalue weighted by molar-refractivity contribution is 6.66. The van der Waals surface area contributed by atoms with Crippen LogP contribution in [0.5, 0.6) is 0 Å². The van der Waals surface area contributed by atoms with Crippen molar-refractivity contribution in [2.24, 2.45) is 0 Å². The molecule has 0 aromatic carbocycles. The minimum Gasteiger partial charge on any atom is -0.395 e. The molecule has 0 saturated heterocycles. The molecule has 0 aliphatic heterocycles. The summed E-state index contributed by atoms with van der Waals surface area (Å²) < 4.78 is 11.2. The van der Waals surface area contributed by atoms with Crippen LogP contribution in [0.3, 0.4) is 0 Å². The number of rotatable bonds is 8. The van der Waals surface area contributed by atoms with E-state index in [1.54, 1.807) is 0 Å². The third kappa shape index (κ3) is 5.96. The average molecular weight is 204 g/mol. The molecule has 0 bridgehead atoms. The molecule has 0 heterocycles. The second-order valence-corrected chi connectivity index (χ2v) is 6.40. The number of carbonyl (C=O) groups excluding carboxylic acids is 1. The van der Waals surface area contributed by atoms with Crippen LogP contribution in [0.15, 0.2) is 0 Å². The lowest BCUT2D eigenvalue weighted by molar-refractivity contribution is -0.107.